The topological polar surface area (TPSA) is 26.3 Å². The highest BCUT2D eigenvalue weighted by Crippen LogP contribution is 2.09. The van der Waals surface area contributed by atoms with Crippen molar-refractivity contribution in [1.29, 1.82) is 0 Å². The Morgan fingerprint density at radius 1 is 1.44 bits per heavy atom. The molecule has 0 aromatic heterocycles. The predicted molar refractivity (Wildman–Crippen MR) is 65.3 cm³/mol. The zero-order valence-electron chi connectivity index (χ0n) is 10.1. The first-order valence-electron chi connectivity index (χ1n) is 5.51. The fourth-order valence-corrected chi connectivity index (χ4v) is 1.58. The fourth-order valence-electron chi connectivity index (χ4n) is 1.58. The molecule has 0 atom stereocenters. The number of carbonyl (C=O) groups excluding carboxylic acids is 1. The Bertz CT molecular complexity index is 391. The summed E-state index contributed by atoms with van der Waals surface area (Å²) in [6, 6.07) is 8.29. The number of esters is 1. The first kappa shape index (κ1) is 12.5. The number of benzene rings is 1. The predicted octanol–water partition coefficient (Wildman–Crippen LogP) is 3.05. The van der Waals surface area contributed by atoms with Crippen LogP contribution in [-0.2, 0) is 16.0 Å². The molecule has 2 nitrogen and oxygen atoms in total. The number of carbonyl (C=O) groups is 1. The Morgan fingerprint density at radius 3 is 2.81 bits per heavy atom. The van der Waals surface area contributed by atoms with E-state index >= 15 is 0 Å². The van der Waals surface area contributed by atoms with Crippen LogP contribution in [0.15, 0.2) is 35.9 Å². The van der Waals surface area contributed by atoms with E-state index in [-0.39, 0.29) is 5.97 Å². The van der Waals surface area contributed by atoms with E-state index in [0.717, 1.165) is 12.0 Å². The zero-order chi connectivity index (χ0) is 12.0. The summed E-state index contributed by atoms with van der Waals surface area (Å²) in [5.41, 5.74) is 3.48. The maximum Gasteiger partial charge on any atom is 0.330 e. The van der Waals surface area contributed by atoms with Crippen LogP contribution in [-0.4, -0.2) is 12.6 Å². The second kappa shape index (κ2) is 6.11. The van der Waals surface area contributed by atoms with E-state index in [9.17, 15) is 4.79 Å². The van der Waals surface area contributed by atoms with Crippen molar-refractivity contribution in [3.63, 3.8) is 0 Å². The summed E-state index contributed by atoms with van der Waals surface area (Å²) in [5.74, 6) is -0.257. The molecule has 1 aromatic carbocycles. The Hall–Kier alpha value is -1.57. The van der Waals surface area contributed by atoms with Crippen LogP contribution in [0, 0.1) is 6.92 Å². The molecule has 16 heavy (non-hydrogen) atoms. The van der Waals surface area contributed by atoms with Crippen molar-refractivity contribution in [2.45, 2.75) is 27.2 Å². The minimum atomic E-state index is -0.257. The highest BCUT2D eigenvalue weighted by Gasteiger charge is 2.00. The standard InChI is InChI=1S/C14H18O2/c1-4-16-14(15)10-12(3)9-13-7-5-6-11(2)8-13/h5-8,10H,4,9H2,1-3H3. The molecule has 1 aromatic rings. The van der Waals surface area contributed by atoms with Gasteiger partial charge in [0.25, 0.3) is 0 Å². The lowest BCUT2D eigenvalue weighted by atomic mass is 10.0. The molecule has 0 saturated carbocycles. The number of hydrogen-bond acceptors (Lipinski definition) is 2. The van der Waals surface area contributed by atoms with Gasteiger partial charge >= 0.3 is 5.97 Å². The summed E-state index contributed by atoms with van der Waals surface area (Å²) in [6.45, 7) is 6.24. The summed E-state index contributed by atoms with van der Waals surface area (Å²) < 4.78 is 4.86. The molecule has 0 aliphatic rings. The molecular weight excluding hydrogens is 200 g/mol. The van der Waals surface area contributed by atoms with Gasteiger partial charge in [-0.15, -0.1) is 0 Å². The average molecular weight is 218 g/mol. The summed E-state index contributed by atoms with van der Waals surface area (Å²) >= 11 is 0. The Morgan fingerprint density at radius 2 is 2.19 bits per heavy atom. The normalized spacial score (nSPS) is 11.3. The maximum atomic E-state index is 11.2. The van der Waals surface area contributed by atoms with Crippen LogP contribution in [0.5, 0.6) is 0 Å². The number of rotatable bonds is 4. The van der Waals surface area contributed by atoms with Crippen molar-refractivity contribution in [3.05, 3.63) is 47.0 Å². The van der Waals surface area contributed by atoms with Crippen molar-refractivity contribution in [2.24, 2.45) is 0 Å². The number of ether oxygens (including phenoxy) is 1. The second-order valence-corrected chi connectivity index (χ2v) is 3.91. The van der Waals surface area contributed by atoms with E-state index in [1.807, 2.05) is 19.9 Å². The van der Waals surface area contributed by atoms with E-state index in [0.29, 0.717) is 6.61 Å². The minimum absolute atomic E-state index is 0.257. The zero-order valence-corrected chi connectivity index (χ0v) is 10.1. The molecule has 0 unspecified atom stereocenters. The average Bonchev–Trinajstić information content (AvgIpc) is 2.17. The molecular formula is C14H18O2. The molecule has 0 N–H and O–H groups in total. The molecule has 0 saturated heterocycles. The van der Waals surface area contributed by atoms with E-state index in [1.54, 1.807) is 6.08 Å². The molecule has 0 spiro atoms. The maximum absolute atomic E-state index is 11.2. The summed E-state index contributed by atoms with van der Waals surface area (Å²) in [4.78, 5) is 11.2. The lowest BCUT2D eigenvalue weighted by Gasteiger charge is -2.03. The van der Waals surface area contributed by atoms with E-state index in [2.05, 4.69) is 25.1 Å². The first-order chi connectivity index (χ1) is 7.61. The lowest BCUT2D eigenvalue weighted by molar-refractivity contribution is -0.137. The lowest BCUT2D eigenvalue weighted by Crippen LogP contribution is -2.01. The van der Waals surface area contributed by atoms with Gasteiger partial charge in [-0.25, -0.2) is 4.79 Å². The van der Waals surface area contributed by atoms with Crippen molar-refractivity contribution in [1.82, 2.24) is 0 Å². The SMILES string of the molecule is CCOC(=O)C=C(C)Cc1cccc(C)c1. The molecule has 0 amide bonds. The smallest absolute Gasteiger partial charge is 0.330 e. The van der Waals surface area contributed by atoms with Crippen molar-refractivity contribution in [3.8, 4) is 0 Å². The van der Waals surface area contributed by atoms with E-state index in [1.165, 1.54) is 11.1 Å². The van der Waals surface area contributed by atoms with Crippen molar-refractivity contribution in [2.75, 3.05) is 6.61 Å². The molecule has 0 aliphatic heterocycles. The molecule has 86 valence electrons. The Balaban J connectivity index is 2.63. The Kier molecular flexibility index (Phi) is 4.77. The van der Waals surface area contributed by atoms with Gasteiger partial charge in [0.15, 0.2) is 0 Å². The van der Waals surface area contributed by atoms with Gasteiger partial charge in [-0.1, -0.05) is 35.4 Å². The summed E-state index contributed by atoms with van der Waals surface area (Å²) in [6.07, 6.45) is 2.35. The van der Waals surface area contributed by atoms with Gasteiger partial charge in [0.2, 0.25) is 0 Å². The van der Waals surface area contributed by atoms with Gasteiger partial charge in [-0.3, -0.25) is 0 Å². The second-order valence-electron chi connectivity index (χ2n) is 3.91. The molecule has 0 bridgehead atoms. The van der Waals surface area contributed by atoms with Gasteiger partial charge in [-0.05, 0) is 32.8 Å². The summed E-state index contributed by atoms with van der Waals surface area (Å²) in [7, 11) is 0. The molecule has 0 heterocycles. The highest BCUT2D eigenvalue weighted by molar-refractivity contribution is 5.82. The number of aryl methyl sites for hydroxylation is 1. The van der Waals surface area contributed by atoms with E-state index in [4.69, 9.17) is 4.74 Å². The van der Waals surface area contributed by atoms with Gasteiger partial charge in [0.05, 0.1) is 6.61 Å². The van der Waals surface area contributed by atoms with Gasteiger partial charge in [0.1, 0.15) is 0 Å². The van der Waals surface area contributed by atoms with Gasteiger partial charge in [-0.2, -0.15) is 0 Å². The van der Waals surface area contributed by atoms with Crippen LogP contribution in [0.2, 0.25) is 0 Å². The highest BCUT2D eigenvalue weighted by atomic mass is 16.5. The largest absolute Gasteiger partial charge is 0.463 e. The monoisotopic (exact) mass is 218 g/mol. The summed E-state index contributed by atoms with van der Waals surface area (Å²) in [5, 5.41) is 0. The van der Waals surface area contributed by atoms with Gasteiger partial charge < -0.3 is 4.74 Å². The fraction of sp³-hybridized carbons (Fsp3) is 0.357. The van der Waals surface area contributed by atoms with Crippen molar-refractivity contribution >= 4 is 5.97 Å². The third kappa shape index (κ3) is 4.30. The molecule has 0 fully saturated rings. The van der Waals surface area contributed by atoms with Crippen LogP contribution in [0.1, 0.15) is 25.0 Å². The minimum Gasteiger partial charge on any atom is -0.463 e. The third-order valence-electron chi connectivity index (χ3n) is 2.22. The quantitative estimate of drug-likeness (QED) is 0.573. The van der Waals surface area contributed by atoms with Gasteiger partial charge in [0, 0.05) is 6.08 Å². The molecule has 2 heteroatoms. The third-order valence-corrected chi connectivity index (χ3v) is 2.22. The van der Waals surface area contributed by atoms with Crippen LogP contribution < -0.4 is 0 Å². The van der Waals surface area contributed by atoms with Crippen molar-refractivity contribution < 1.29 is 9.53 Å². The van der Waals surface area contributed by atoms with Crippen LogP contribution in [0.3, 0.4) is 0 Å². The Labute approximate surface area is 96.9 Å². The molecule has 0 aliphatic carbocycles. The van der Waals surface area contributed by atoms with Crippen LogP contribution >= 0.6 is 0 Å². The first-order valence-corrected chi connectivity index (χ1v) is 5.51. The molecule has 1 rings (SSSR count). The van der Waals surface area contributed by atoms with Crippen LogP contribution in [0.4, 0.5) is 0 Å². The number of hydrogen-bond donors (Lipinski definition) is 0. The molecule has 0 radical (unpaired) electrons. The van der Waals surface area contributed by atoms with E-state index < -0.39 is 0 Å². The van der Waals surface area contributed by atoms with Crippen LogP contribution in [0.25, 0.3) is 0 Å². The number of allylic oxidation sites excluding steroid dienone is 1.